The van der Waals surface area contributed by atoms with Gasteiger partial charge in [-0.05, 0) is 18.4 Å². The van der Waals surface area contributed by atoms with Crippen LogP contribution < -0.4 is 0 Å². The molecule has 2 fully saturated rings. The van der Waals surface area contributed by atoms with Crippen LogP contribution in [0.4, 0.5) is 0 Å². The van der Waals surface area contributed by atoms with E-state index in [1.165, 1.54) is 12.0 Å². The molecule has 0 atom stereocenters. The second kappa shape index (κ2) is 5.82. The SMILES string of the molecule is c1ccc(COCC2(c3noc(C4CCC4)n3)COC2)cc1. The molecule has 1 saturated carbocycles. The maximum absolute atomic E-state index is 5.89. The maximum Gasteiger partial charge on any atom is 0.229 e. The van der Waals surface area contributed by atoms with Gasteiger partial charge in [0.1, 0.15) is 5.41 Å². The van der Waals surface area contributed by atoms with Gasteiger partial charge in [0.25, 0.3) is 0 Å². The molecule has 1 aromatic carbocycles. The third-order valence-electron chi connectivity index (χ3n) is 4.62. The second-order valence-electron chi connectivity index (χ2n) is 6.34. The summed E-state index contributed by atoms with van der Waals surface area (Å²) >= 11 is 0. The Balaban J connectivity index is 1.40. The topological polar surface area (TPSA) is 57.4 Å². The van der Waals surface area contributed by atoms with Gasteiger partial charge in [-0.15, -0.1) is 0 Å². The minimum absolute atomic E-state index is 0.236. The monoisotopic (exact) mass is 300 g/mol. The Labute approximate surface area is 129 Å². The quantitative estimate of drug-likeness (QED) is 0.821. The van der Waals surface area contributed by atoms with E-state index < -0.39 is 0 Å². The fraction of sp³-hybridized carbons (Fsp3) is 0.529. The average Bonchev–Trinajstić information content (AvgIpc) is 2.90. The minimum Gasteiger partial charge on any atom is -0.379 e. The van der Waals surface area contributed by atoms with Crippen molar-refractivity contribution >= 4 is 0 Å². The van der Waals surface area contributed by atoms with Gasteiger partial charge in [-0.25, -0.2) is 0 Å². The summed E-state index contributed by atoms with van der Waals surface area (Å²) in [5.74, 6) is 1.99. The molecule has 2 heterocycles. The van der Waals surface area contributed by atoms with E-state index in [-0.39, 0.29) is 5.41 Å². The lowest BCUT2D eigenvalue weighted by molar-refractivity contribution is -0.106. The third-order valence-corrected chi connectivity index (χ3v) is 4.62. The molecule has 2 aromatic rings. The van der Waals surface area contributed by atoms with Gasteiger partial charge >= 0.3 is 0 Å². The number of benzene rings is 1. The van der Waals surface area contributed by atoms with Crippen molar-refractivity contribution in [3.8, 4) is 0 Å². The van der Waals surface area contributed by atoms with Crippen LogP contribution in [0.3, 0.4) is 0 Å². The van der Waals surface area contributed by atoms with Crippen LogP contribution in [0.25, 0.3) is 0 Å². The Morgan fingerprint density at radius 3 is 2.64 bits per heavy atom. The Kier molecular flexibility index (Phi) is 3.68. The van der Waals surface area contributed by atoms with E-state index in [1.54, 1.807) is 0 Å². The zero-order chi connectivity index (χ0) is 14.8. The van der Waals surface area contributed by atoms with Crippen LogP contribution in [-0.2, 0) is 21.5 Å². The maximum atomic E-state index is 5.89. The van der Waals surface area contributed by atoms with Crippen LogP contribution in [0.5, 0.6) is 0 Å². The first-order valence-electron chi connectivity index (χ1n) is 7.89. The Morgan fingerprint density at radius 2 is 2.00 bits per heavy atom. The number of nitrogens with zero attached hydrogens (tertiary/aromatic N) is 2. The molecular weight excluding hydrogens is 280 g/mol. The molecule has 4 rings (SSSR count). The lowest BCUT2D eigenvalue weighted by atomic mass is 9.84. The van der Waals surface area contributed by atoms with Crippen LogP contribution in [0.2, 0.25) is 0 Å². The number of hydrogen-bond donors (Lipinski definition) is 0. The fourth-order valence-electron chi connectivity index (χ4n) is 2.84. The van der Waals surface area contributed by atoms with Gasteiger partial charge in [0.05, 0.1) is 26.4 Å². The fourth-order valence-corrected chi connectivity index (χ4v) is 2.84. The molecule has 1 aliphatic carbocycles. The van der Waals surface area contributed by atoms with E-state index in [0.717, 1.165) is 24.6 Å². The Morgan fingerprint density at radius 1 is 1.18 bits per heavy atom. The highest BCUT2D eigenvalue weighted by molar-refractivity contribution is 5.15. The van der Waals surface area contributed by atoms with Crippen LogP contribution in [-0.4, -0.2) is 30.0 Å². The largest absolute Gasteiger partial charge is 0.379 e. The molecular formula is C17H20N2O3. The molecule has 0 unspecified atom stereocenters. The molecule has 1 saturated heterocycles. The summed E-state index contributed by atoms with van der Waals surface area (Å²) in [7, 11) is 0. The molecule has 5 heteroatoms. The van der Waals surface area contributed by atoms with Crippen molar-refractivity contribution in [3.05, 3.63) is 47.6 Å². The predicted molar refractivity (Wildman–Crippen MR) is 79.5 cm³/mol. The standard InChI is InChI=1S/C17H20N2O3/c1-2-5-13(6-3-1)9-20-10-17(11-21-12-17)16-18-15(22-19-16)14-7-4-8-14/h1-3,5-6,14H,4,7-12H2. The van der Waals surface area contributed by atoms with E-state index in [1.807, 2.05) is 18.2 Å². The highest BCUT2D eigenvalue weighted by Crippen LogP contribution is 2.37. The number of rotatable bonds is 6. The van der Waals surface area contributed by atoms with Gasteiger partial charge in [-0.3, -0.25) is 0 Å². The second-order valence-corrected chi connectivity index (χ2v) is 6.34. The molecule has 0 bridgehead atoms. The van der Waals surface area contributed by atoms with E-state index in [2.05, 4.69) is 22.3 Å². The molecule has 0 spiro atoms. The number of aromatic nitrogens is 2. The first-order valence-corrected chi connectivity index (χ1v) is 7.89. The molecule has 5 nitrogen and oxygen atoms in total. The Bertz CT molecular complexity index is 618. The van der Waals surface area contributed by atoms with Gasteiger partial charge in [0.2, 0.25) is 5.89 Å². The predicted octanol–water partition coefficient (Wildman–Crippen LogP) is 2.82. The highest BCUT2D eigenvalue weighted by Gasteiger charge is 2.45. The summed E-state index contributed by atoms with van der Waals surface area (Å²) in [6.07, 6.45) is 3.59. The van der Waals surface area contributed by atoms with Crippen molar-refractivity contribution in [2.45, 2.75) is 37.2 Å². The van der Waals surface area contributed by atoms with Crippen molar-refractivity contribution in [2.75, 3.05) is 19.8 Å². The minimum atomic E-state index is -0.236. The first-order chi connectivity index (χ1) is 10.9. The number of hydrogen-bond acceptors (Lipinski definition) is 5. The molecule has 0 N–H and O–H groups in total. The molecule has 0 radical (unpaired) electrons. The van der Waals surface area contributed by atoms with Crippen molar-refractivity contribution in [2.24, 2.45) is 0 Å². The van der Waals surface area contributed by atoms with Crippen LogP contribution in [0.15, 0.2) is 34.9 Å². The van der Waals surface area contributed by atoms with Crippen molar-refractivity contribution in [3.63, 3.8) is 0 Å². The van der Waals surface area contributed by atoms with Crippen LogP contribution >= 0.6 is 0 Å². The van der Waals surface area contributed by atoms with E-state index in [4.69, 9.17) is 14.0 Å². The normalized spacial score (nSPS) is 20.4. The first kappa shape index (κ1) is 13.9. The van der Waals surface area contributed by atoms with Crippen molar-refractivity contribution < 1.29 is 14.0 Å². The van der Waals surface area contributed by atoms with E-state index >= 15 is 0 Å². The molecule has 0 amide bonds. The third kappa shape index (κ3) is 2.55. The average molecular weight is 300 g/mol. The molecule has 1 aromatic heterocycles. The molecule has 1 aliphatic heterocycles. The van der Waals surface area contributed by atoms with Gasteiger partial charge in [0, 0.05) is 5.92 Å². The summed E-state index contributed by atoms with van der Waals surface area (Å²) < 4.78 is 16.7. The lowest BCUT2D eigenvalue weighted by Gasteiger charge is -2.38. The smallest absolute Gasteiger partial charge is 0.229 e. The summed E-state index contributed by atoms with van der Waals surface area (Å²) in [4.78, 5) is 4.61. The Hall–Kier alpha value is -1.72. The van der Waals surface area contributed by atoms with Gasteiger partial charge in [-0.2, -0.15) is 4.98 Å². The molecule has 22 heavy (non-hydrogen) atoms. The zero-order valence-electron chi connectivity index (χ0n) is 12.5. The summed E-state index contributed by atoms with van der Waals surface area (Å²) in [5.41, 5.74) is 0.932. The molecule has 116 valence electrons. The van der Waals surface area contributed by atoms with Gasteiger partial charge < -0.3 is 14.0 Å². The number of ether oxygens (including phenoxy) is 2. The zero-order valence-corrected chi connectivity index (χ0v) is 12.5. The lowest BCUT2D eigenvalue weighted by Crippen LogP contribution is -2.51. The van der Waals surface area contributed by atoms with Crippen molar-refractivity contribution in [1.29, 1.82) is 0 Å². The summed E-state index contributed by atoms with van der Waals surface area (Å²) in [6, 6.07) is 10.2. The van der Waals surface area contributed by atoms with Crippen LogP contribution in [0, 0.1) is 0 Å². The highest BCUT2D eigenvalue weighted by atomic mass is 16.5. The van der Waals surface area contributed by atoms with Gasteiger partial charge in [0.15, 0.2) is 5.82 Å². The van der Waals surface area contributed by atoms with Crippen molar-refractivity contribution in [1.82, 2.24) is 10.1 Å². The molecule has 2 aliphatic rings. The van der Waals surface area contributed by atoms with E-state index in [0.29, 0.717) is 32.3 Å². The van der Waals surface area contributed by atoms with Crippen LogP contribution in [0.1, 0.15) is 42.5 Å². The van der Waals surface area contributed by atoms with E-state index in [9.17, 15) is 0 Å². The summed E-state index contributed by atoms with van der Waals surface area (Å²) in [5, 5.41) is 4.19. The summed E-state index contributed by atoms with van der Waals surface area (Å²) in [6.45, 7) is 2.36. The van der Waals surface area contributed by atoms with Gasteiger partial charge in [-0.1, -0.05) is 41.9 Å².